The van der Waals surface area contributed by atoms with Crippen LogP contribution in [0.3, 0.4) is 0 Å². The molecule has 0 bridgehead atoms. The first-order chi connectivity index (χ1) is 9.24. The van der Waals surface area contributed by atoms with Crippen LogP contribution in [0.5, 0.6) is 0 Å². The van der Waals surface area contributed by atoms with E-state index in [-0.39, 0.29) is 6.04 Å². The van der Waals surface area contributed by atoms with Gasteiger partial charge in [-0.2, -0.15) is 0 Å². The standard InChI is InChI=1S/C16H17NO2/c1-17(12-18)15(13-8-4-2-5-9-13)16(19)14-10-6-3-7-11-14/h2-12,15-16,19H,1H3/t15-,16+/m1/s1. The van der Waals surface area contributed by atoms with Crippen LogP contribution in [0.2, 0.25) is 0 Å². The van der Waals surface area contributed by atoms with E-state index in [9.17, 15) is 9.90 Å². The average molecular weight is 255 g/mol. The molecule has 3 heteroatoms. The van der Waals surface area contributed by atoms with Gasteiger partial charge in [-0.25, -0.2) is 0 Å². The topological polar surface area (TPSA) is 40.5 Å². The molecule has 19 heavy (non-hydrogen) atoms. The molecule has 98 valence electrons. The van der Waals surface area contributed by atoms with Crippen LogP contribution in [-0.2, 0) is 4.79 Å². The van der Waals surface area contributed by atoms with Crippen molar-refractivity contribution in [3.8, 4) is 0 Å². The summed E-state index contributed by atoms with van der Waals surface area (Å²) < 4.78 is 0. The lowest BCUT2D eigenvalue weighted by Crippen LogP contribution is -2.28. The van der Waals surface area contributed by atoms with Crippen molar-refractivity contribution >= 4 is 6.41 Å². The summed E-state index contributed by atoms with van der Waals surface area (Å²) >= 11 is 0. The number of amides is 1. The van der Waals surface area contributed by atoms with E-state index in [1.54, 1.807) is 7.05 Å². The summed E-state index contributed by atoms with van der Waals surface area (Å²) in [6, 6.07) is 18.5. The highest BCUT2D eigenvalue weighted by molar-refractivity contribution is 5.49. The van der Waals surface area contributed by atoms with E-state index in [1.807, 2.05) is 60.7 Å². The van der Waals surface area contributed by atoms with Gasteiger partial charge in [-0.15, -0.1) is 0 Å². The van der Waals surface area contributed by atoms with Crippen LogP contribution in [0.15, 0.2) is 60.7 Å². The van der Waals surface area contributed by atoms with E-state index in [1.165, 1.54) is 4.90 Å². The summed E-state index contributed by atoms with van der Waals surface area (Å²) in [6.45, 7) is 0. The highest BCUT2D eigenvalue weighted by atomic mass is 16.3. The molecular weight excluding hydrogens is 238 g/mol. The lowest BCUT2D eigenvalue weighted by atomic mass is 9.95. The van der Waals surface area contributed by atoms with Crippen LogP contribution < -0.4 is 0 Å². The van der Waals surface area contributed by atoms with E-state index in [4.69, 9.17) is 0 Å². The number of aliphatic hydroxyl groups excluding tert-OH is 1. The van der Waals surface area contributed by atoms with Gasteiger partial charge in [-0.3, -0.25) is 4.79 Å². The Bertz CT molecular complexity index is 513. The van der Waals surface area contributed by atoms with Gasteiger partial charge in [-0.1, -0.05) is 60.7 Å². The molecule has 0 unspecified atom stereocenters. The summed E-state index contributed by atoms with van der Waals surface area (Å²) in [6.07, 6.45) is -0.0112. The number of aliphatic hydroxyl groups is 1. The van der Waals surface area contributed by atoms with E-state index in [2.05, 4.69) is 0 Å². The predicted molar refractivity (Wildman–Crippen MR) is 74.4 cm³/mol. The van der Waals surface area contributed by atoms with Crippen LogP contribution in [-0.4, -0.2) is 23.5 Å². The molecular formula is C16H17NO2. The third kappa shape index (κ3) is 3.01. The lowest BCUT2D eigenvalue weighted by Gasteiger charge is -2.30. The maximum atomic E-state index is 11.1. The quantitative estimate of drug-likeness (QED) is 0.834. The first-order valence-electron chi connectivity index (χ1n) is 6.19. The molecule has 0 saturated carbocycles. The van der Waals surface area contributed by atoms with Crippen molar-refractivity contribution in [2.45, 2.75) is 12.1 Å². The Morgan fingerprint density at radius 2 is 1.42 bits per heavy atom. The Balaban J connectivity index is 2.36. The van der Waals surface area contributed by atoms with Crippen LogP contribution in [0.25, 0.3) is 0 Å². The summed E-state index contributed by atoms with van der Waals surface area (Å²) in [7, 11) is 1.68. The number of hydrogen-bond donors (Lipinski definition) is 1. The van der Waals surface area contributed by atoms with Gasteiger partial charge in [0.25, 0.3) is 0 Å². The molecule has 0 heterocycles. The number of nitrogens with zero attached hydrogens (tertiary/aromatic N) is 1. The minimum Gasteiger partial charge on any atom is -0.386 e. The minimum atomic E-state index is -0.751. The smallest absolute Gasteiger partial charge is 0.210 e. The molecule has 2 aromatic rings. The second-order valence-electron chi connectivity index (χ2n) is 4.48. The van der Waals surface area contributed by atoms with Gasteiger partial charge in [0.15, 0.2) is 0 Å². The SMILES string of the molecule is CN(C=O)[C@H](c1ccccc1)[C@@H](O)c1ccccc1. The second kappa shape index (κ2) is 6.16. The van der Waals surface area contributed by atoms with Gasteiger partial charge in [0.1, 0.15) is 6.10 Å². The van der Waals surface area contributed by atoms with Gasteiger partial charge in [0.2, 0.25) is 6.41 Å². The lowest BCUT2D eigenvalue weighted by molar-refractivity contribution is -0.121. The zero-order chi connectivity index (χ0) is 13.7. The molecule has 0 aromatic heterocycles. The number of likely N-dealkylation sites (N-methyl/N-ethyl adjacent to an activating group) is 1. The van der Waals surface area contributed by atoms with E-state index < -0.39 is 6.10 Å². The Labute approximate surface area is 113 Å². The second-order valence-corrected chi connectivity index (χ2v) is 4.48. The minimum absolute atomic E-state index is 0.388. The predicted octanol–water partition coefficient (Wildman–Crippen LogP) is 2.55. The summed E-state index contributed by atoms with van der Waals surface area (Å²) in [5.41, 5.74) is 1.71. The zero-order valence-corrected chi connectivity index (χ0v) is 10.8. The number of benzene rings is 2. The highest BCUT2D eigenvalue weighted by Gasteiger charge is 2.25. The number of carbonyl (C=O) groups excluding carboxylic acids is 1. The molecule has 0 aliphatic carbocycles. The van der Waals surface area contributed by atoms with Crippen molar-refractivity contribution in [1.82, 2.24) is 4.90 Å². The molecule has 0 spiro atoms. The molecule has 2 atom stereocenters. The van der Waals surface area contributed by atoms with Crippen LogP contribution in [0.1, 0.15) is 23.3 Å². The normalized spacial score (nSPS) is 13.6. The third-order valence-electron chi connectivity index (χ3n) is 3.19. The van der Waals surface area contributed by atoms with Crippen molar-refractivity contribution in [3.63, 3.8) is 0 Å². The summed E-state index contributed by atoms with van der Waals surface area (Å²) in [5.74, 6) is 0. The van der Waals surface area contributed by atoms with Gasteiger partial charge >= 0.3 is 0 Å². The molecule has 0 saturated heterocycles. The van der Waals surface area contributed by atoms with Crippen molar-refractivity contribution in [2.75, 3.05) is 7.05 Å². The fourth-order valence-electron chi connectivity index (χ4n) is 2.19. The largest absolute Gasteiger partial charge is 0.386 e. The Morgan fingerprint density at radius 1 is 0.947 bits per heavy atom. The summed E-state index contributed by atoms with van der Waals surface area (Å²) in [4.78, 5) is 12.6. The third-order valence-corrected chi connectivity index (χ3v) is 3.19. The van der Waals surface area contributed by atoms with E-state index >= 15 is 0 Å². The summed E-state index contributed by atoms with van der Waals surface area (Å²) in [5, 5.41) is 10.5. The Kier molecular flexibility index (Phi) is 4.31. The first-order valence-corrected chi connectivity index (χ1v) is 6.19. The van der Waals surface area contributed by atoms with E-state index in [0.29, 0.717) is 0 Å². The molecule has 1 amide bonds. The molecule has 0 aliphatic rings. The Hall–Kier alpha value is -2.13. The van der Waals surface area contributed by atoms with Crippen LogP contribution >= 0.6 is 0 Å². The molecule has 3 nitrogen and oxygen atoms in total. The average Bonchev–Trinajstić information content (AvgIpc) is 2.49. The molecule has 2 aromatic carbocycles. The van der Waals surface area contributed by atoms with Crippen molar-refractivity contribution in [1.29, 1.82) is 0 Å². The van der Waals surface area contributed by atoms with E-state index in [0.717, 1.165) is 17.5 Å². The molecule has 0 aliphatic heterocycles. The molecule has 0 fully saturated rings. The fraction of sp³-hybridized carbons (Fsp3) is 0.188. The first kappa shape index (κ1) is 13.3. The van der Waals surface area contributed by atoms with Crippen molar-refractivity contribution in [2.24, 2.45) is 0 Å². The van der Waals surface area contributed by atoms with Crippen LogP contribution in [0.4, 0.5) is 0 Å². The van der Waals surface area contributed by atoms with Gasteiger partial charge in [0, 0.05) is 7.05 Å². The number of carbonyl (C=O) groups is 1. The van der Waals surface area contributed by atoms with Gasteiger partial charge < -0.3 is 10.0 Å². The molecule has 0 radical (unpaired) electrons. The fourth-order valence-corrected chi connectivity index (χ4v) is 2.19. The molecule has 1 N–H and O–H groups in total. The van der Waals surface area contributed by atoms with Crippen molar-refractivity contribution in [3.05, 3.63) is 71.8 Å². The Morgan fingerprint density at radius 3 is 1.89 bits per heavy atom. The zero-order valence-electron chi connectivity index (χ0n) is 10.8. The highest BCUT2D eigenvalue weighted by Crippen LogP contribution is 2.32. The van der Waals surface area contributed by atoms with Crippen LogP contribution in [0, 0.1) is 0 Å². The van der Waals surface area contributed by atoms with Gasteiger partial charge in [0.05, 0.1) is 6.04 Å². The maximum absolute atomic E-state index is 11.1. The molecule has 2 rings (SSSR count). The monoisotopic (exact) mass is 255 g/mol. The number of hydrogen-bond acceptors (Lipinski definition) is 2. The van der Waals surface area contributed by atoms with Gasteiger partial charge in [-0.05, 0) is 11.1 Å². The van der Waals surface area contributed by atoms with Crippen molar-refractivity contribution < 1.29 is 9.90 Å². The number of rotatable bonds is 5. The maximum Gasteiger partial charge on any atom is 0.210 e.